The summed E-state index contributed by atoms with van der Waals surface area (Å²) in [5.74, 6) is -4.46. The Balaban J connectivity index is 1.81. The van der Waals surface area contributed by atoms with Gasteiger partial charge in [0.2, 0.25) is 0 Å². The minimum absolute atomic E-state index is 0.0248. The summed E-state index contributed by atoms with van der Waals surface area (Å²) in [7, 11) is 0. The number of alkyl halides is 6. The van der Waals surface area contributed by atoms with Gasteiger partial charge in [0.1, 0.15) is 11.6 Å². The third-order valence-corrected chi connectivity index (χ3v) is 6.13. The van der Waals surface area contributed by atoms with E-state index in [0.717, 1.165) is 56.7 Å². The Morgan fingerprint density at radius 1 is 0.882 bits per heavy atom. The van der Waals surface area contributed by atoms with E-state index in [1.165, 1.54) is 0 Å². The molecule has 1 aliphatic rings. The maximum Gasteiger partial charge on any atom is 0.439 e. The standard InChI is InChI=1S/C24H23F9O/c1-2-3-13-4-6-14(7-5-13)16-11-18(26)21(19(27)12-16)15-8-9-20(17(25)10-15)34-24(32,33)22(28)23(29,30)31/h8-14,22H,2-7H2,1H3. The van der Waals surface area contributed by atoms with E-state index in [4.69, 9.17) is 0 Å². The highest BCUT2D eigenvalue weighted by molar-refractivity contribution is 5.66. The highest BCUT2D eigenvalue weighted by atomic mass is 19.4. The quantitative estimate of drug-likeness (QED) is 0.347. The molecule has 1 atom stereocenters. The largest absolute Gasteiger partial charge is 0.439 e. The maximum atomic E-state index is 14.8. The monoisotopic (exact) mass is 498 g/mol. The first-order valence-corrected chi connectivity index (χ1v) is 10.9. The van der Waals surface area contributed by atoms with E-state index in [1.54, 1.807) is 0 Å². The van der Waals surface area contributed by atoms with Crippen LogP contribution in [0.4, 0.5) is 39.5 Å². The third-order valence-electron chi connectivity index (χ3n) is 6.13. The number of benzene rings is 2. The smallest absolute Gasteiger partial charge is 0.427 e. The summed E-state index contributed by atoms with van der Waals surface area (Å²) >= 11 is 0. The van der Waals surface area contributed by atoms with Crippen molar-refractivity contribution in [2.45, 2.75) is 69.8 Å². The van der Waals surface area contributed by atoms with Crippen LogP contribution in [0.3, 0.4) is 0 Å². The van der Waals surface area contributed by atoms with Crippen molar-refractivity contribution in [3.05, 3.63) is 53.3 Å². The first-order chi connectivity index (χ1) is 15.8. The normalized spacial score (nSPS) is 20.3. The Morgan fingerprint density at radius 3 is 1.97 bits per heavy atom. The Labute approximate surface area is 190 Å². The molecule has 34 heavy (non-hydrogen) atoms. The number of ether oxygens (including phenoxy) is 1. The van der Waals surface area contributed by atoms with E-state index in [-0.39, 0.29) is 11.5 Å². The van der Waals surface area contributed by atoms with Gasteiger partial charge in [0, 0.05) is 0 Å². The Hall–Kier alpha value is -2.39. The fraction of sp³-hybridized carbons (Fsp3) is 0.500. The molecule has 1 unspecified atom stereocenters. The van der Waals surface area contributed by atoms with Crippen LogP contribution < -0.4 is 4.74 Å². The second kappa shape index (κ2) is 10.1. The molecule has 0 saturated heterocycles. The molecule has 1 saturated carbocycles. The van der Waals surface area contributed by atoms with Crippen molar-refractivity contribution < 1.29 is 44.3 Å². The molecule has 0 spiro atoms. The molecule has 0 amide bonds. The molecule has 188 valence electrons. The van der Waals surface area contributed by atoms with Gasteiger partial charge in [-0.2, -0.15) is 22.0 Å². The van der Waals surface area contributed by atoms with Gasteiger partial charge in [0.25, 0.3) is 6.17 Å². The minimum Gasteiger partial charge on any atom is -0.427 e. The molecule has 0 radical (unpaired) electrons. The van der Waals surface area contributed by atoms with Gasteiger partial charge in [-0.25, -0.2) is 17.6 Å². The zero-order valence-corrected chi connectivity index (χ0v) is 18.2. The summed E-state index contributed by atoms with van der Waals surface area (Å²) in [6.07, 6.45) is -10.4. The van der Waals surface area contributed by atoms with Gasteiger partial charge in [-0.3, -0.25) is 0 Å². The first kappa shape index (κ1) is 26.2. The van der Waals surface area contributed by atoms with E-state index < -0.39 is 47.2 Å². The molecular weight excluding hydrogens is 475 g/mol. The van der Waals surface area contributed by atoms with E-state index in [2.05, 4.69) is 11.7 Å². The van der Waals surface area contributed by atoms with Crippen molar-refractivity contribution in [2.24, 2.45) is 5.92 Å². The van der Waals surface area contributed by atoms with Gasteiger partial charge in [-0.05, 0) is 72.9 Å². The van der Waals surface area contributed by atoms with Crippen LogP contribution in [0.5, 0.6) is 5.75 Å². The number of halogens is 9. The zero-order valence-electron chi connectivity index (χ0n) is 18.2. The number of hydrogen-bond donors (Lipinski definition) is 0. The highest BCUT2D eigenvalue weighted by Gasteiger charge is 2.59. The molecule has 0 bridgehead atoms. The fourth-order valence-electron chi connectivity index (χ4n) is 4.42. The second-order valence-electron chi connectivity index (χ2n) is 8.58. The third kappa shape index (κ3) is 5.81. The van der Waals surface area contributed by atoms with Crippen LogP contribution in [0.1, 0.15) is 56.9 Å². The summed E-state index contributed by atoms with van der Waals surface area (Å²) < 4.78 is 124. The molecular formula is C24H23F9O. The van der Waals surface area contributed by atoms with Gasteiger partial charge < -0.3 is 4.74 Å². The van der Waals surface area contributed by atoms with E-state index in [0.29, 0.717) is 23.6 Å². The number of rotatable bonds is 7. The second-order valence-corrected chi connectivity index (χ2v) is 8.58. The molecule has 0 aliphatic heterocycles. The lowest BCUT2D eigenvalue weighted by atomic mass is 9.77. The molecule has 0 heterocycles. The van der Waals surface area contributed by atoms with Crippen LogP contribution in [0.25, 0.3) is 11.1 Å². The van der Waals surface area contributed by atoms with Gasteiger partial charge >= 0.3 is 12.3 Å². The van der Waals surface area contributed by atoms with Crippen LogP contribution in [0.15, 0.2) is 30.3 Å². The molecule has 3 rings (SSSR count). The highest BCUT2D eigenvalue weighted by Crippen LogP contribution is 2.41. The molecule has 10 heteroatoms. The maximum absolute atomic E-state index is 14.8. The molecule has 1 nitrogen and oxygen atoms in total. The zero-order chi connectivity index (χ0) is 25.3. The van der Waals surface area contributed by atoms with Crippen molar-refractivity contribution >= 4 is 0 Å². The van der Waals surface area contributed by atoms with Gasteiger partial charge in [-0.15, -0.1) is 0 Å². The van der Waals surface area contributed by atoms with Crippen LogP contribution in [-0.4, -0.2) is 18.5 Å². The Kier molecular flexibility index (Phi) is 7.77. The summed E-state index contributed by atoms with van der Waals surface area (Å²) in [6, 6.07) is 3.99. The van der Waals surface area contributed by atoms with Crippen molar-refractivity contribution in [1.82, 2.24) is 0 Å². The minimum atomic E-state index is -5.94. The van der Waals surface area contributed by atoms with Crippen molar-refractivity contribution in [3.63, 3.8) is 0 Å². The molecule has 2 aromatic carbocycles. The van der Waals surface area contributed by atoms with Crippen molar-refractivity contribution in [2.75, 3.05) is 0 Å². The van der Waals surface area contributed by atoms with Crippen LogP contribution in [0, 0.1) is 23.4 Å². The van der Waals surface area contributed by atoms with Crippen LogP contribution >= 0.6 is 0 Å². The first-order valence-electron chi connectivity index (χ1n) is 10.9. The van der Waals surface area contributed by atoms with Crippen LogP contribution in [0.2, 0.25) is 0 Å². The van der Waals surface area contributed by atoms with E-state index in [9.17, 15) is 39.5 Å². The summed E-state index contributed by atoms with van der Waals surface area (Å²) in [4.78, 5) is 0. The molecule has 1 aliphatic carbocycles. The van der Waals surface area contributed by atoms with E-state index in [1.807, 2.05) is 0 Å². The van der Waals surface area contributed by atoms with Gasteiger partial charge in [0.05, 0.1) is 5.56 Å². The summed E-state index contributed by atoms with van der Waals surface area (Å²) in [5.41, 5.74) is -0.539. The number of hydrogen-bond acceptors (Lipinski definition) is 1. The van der Waals surface area contributed by atoms with Crippen LogP contribution in [-0.2, 0) is 0 Å². The molecule has 2 aromatic rings. The SMILES string of the molecule is CCCC1CCC(c2cc(F)c(-c3ccc(OC(F)(F)C(F)C(F)(F)F)c(F)c3)c(F)c2)CC1. The topological polar surface area (TPSA) is 9.23 Å². The Morgan fingerprint density at radius 2 is 1.47 bits per heavy atom. The average Bonchev–Trinajstić information content (AvgIpc) is 2.74. The Bertz CT molecular complexity index is 971. The fourth-order valence-corrected chi connectivity index (χ4v) is 4.42. The van der Waals surface area contributed by atoms with Crippen molar-refractivity contribution in [1.29, 1.82) is 0 Å². The summed E-state index contributed by atoms with van der Waals surface area (Å²) in [6.45, 7) is 2.10. The lowest BCUT2D eigenvalue weighted by Crippen LogP contribution is -2.45. The van der Waals surface area contributed by atoms with Gasteiger partial charge in [-0.1, -0.05) is 25.8 Å². The molecule has 0 aromatic heterocycles. The molecule has 1 fully saturated rings. The predicted octanol–water partition coefficient (Wildman–Crippen LogP) is 8.72. The average molecular weight is 498 g/mol. The van der Waals surface area contributed by atoms with Gasteiger partial charge in [0.15, 0.2) is 11.6 Å². The van der Waals surface area contributed by atoms with Crippen molar-refractivity contribution in [3.8, 4) is 16.9 Å². The lowest BCUT2D eigenvalue weighted by Gasteiger charge is -2.29. The lowest BCUT2D eigenvalue weighted by molar-refractivity contribution is -0.305. The predicted molar refractivity (Wildman–Crippen MR) is 108 cm³/mol. The van der Waals surface area contributed by atoms with E-state index >= 15 is 0 Å². The summed E-state index contributed by atoms with van der Waals surface area (Å²) in [5, 5.41) is 0. The molecule has 0 N–H and O–H groups in total.